The molecule has 0 saturated heterocycles. The lowest BCUT2D eigenvalue weighted by Gasteiger charge is -2.48. The van der Waals surface area contributed by atoms with Crippen LogP contribution in [0.5, 0.6) is 5.75 Å². The molecule has 4 atom stereocenters. The Morgan fingerprint density at radius 2 is 1.89 bits per heavy atom. The van der Waals surface area contributed by atoms with Gasteiger partial charge in [0.1, 0.15) is 18.2 Å². The third-order valence-corrected chi connectivity index (χ3v) is 6.83. The third kappa shape index (κ3) is 5.02. The predicted molar refractivity (Wildman–Crippen MR) is 123 cm³/mol. The van der Waals surface area contributed by atoms with Crippen molar-refractivity contribution in [1.82, 2.24) is 5.32 Å². The summed E-state index contributed by atoms with van der Waals surface area (Å²) in [6.45, 7) is -0.339. The van der Waals surface area contributed by atoms with Crippen molar-refractivity contribution in [3.05, 3.63) is 58.9 Å². The van der Waals surface area contributed by atoms with Crippen LogP contribution in [-0.4, -0.2) is 36.7 Å². The highest BCUT2D eigenvalue weighted by Crippen LogP contribution is 2.52. The molecule has 2 amide bonds. The fraction of sp³-hybridized carbons (Fsp3) is 0.385. The average Bonchev–Trinajstić information content (AvgIpc) is 3.24. The van der Waals surface area contributed by atoms with E-state index in [0.717, 1.165) is 25.3 Å². The van der Waals surface area contributed by atoms with E-state index in [4.69, 9.17) is 9.84 Å². The normalized spacial score (nSPS) is 22.5. The van der Waals surface area contributed by atoms with Crippen LogP contribution >= 0.6 is 0 Å². The first-order valence-corrected chi connectivity index (χ1v) is 11.4. The van der Waals surface area contributed by atoms with Crippen LogP contribution < -0.4 is 15.4 Å². The molecule has 0 bridgehead atoms. The van der Waals surface area contributed by atoms with Crippen molar-refractivity contribution >= 4 is 17.5 Å². The van der Waals surface area contributed by atoms with E-state index >= 15 is 0 Å². The second kappa shape index (κ2) is 10.2. The van der Waals surface area contributed by atoms with Crippen LogP contribution in [0.1, 0.15) is 40.7 Å². The third-order valence-electron chi connectivity index (χ3n) is 6.83. The molecular formula is C26H24F4N2O4. The summed E-state index contributed by atoms with van der Waals surface area (Å²) < 4.78 is 58.1. The molecule has 4 rings (SSSR count). The number of amides is 2. The van der Waals surface area contributed by atoms with Crippen molar-refractivity contribution in [3.63, 3.8) is 0 Å². The number of ether oxygens (including phenoxy) is 1. The van der Waals surface area contributed by atoms with Gasteiger partial charge in [0.2, 0.25) is 5.91 Å². The zero-order valence-corrected chi connectivity index (χ0v) is 19.3. The number of anilines is 1. The minimum absolute atomic E-state index is 0.0125. The average molecular weight is 504 g/mol. The number of methoxy groups -OCH3 is 1. The summed E-state index contributed by atoms with van der Waals surface area (Å²) in [6.07, 6.45) is -2.45. The van der Waals surface area contributed by atoms with Gasteiger partial charge in [0.15, 0.2) is 0 Å². The Morgan fingerprint density at radius 3 is 2.58 bits per heavy atom. The van der Waals surface area contributed by atoms with Crippen LogP contribution in [0.2, 0.25) is 0 Å². The number of fused-ring (bicyclic) bond motifs is 1. The van der Waals surface area contributed by atoms with Crippen molar-refractivity contribution in [3.8, 4) is 17.6 Å². The Labute approximate surface area is 205 Å². The monoisotopic (exact) mass is 504 g/mol. The van der Waals surface area contributed by atoms with Crippen LogP contribution in [0, 0.1) is 35.4 Å². The van der Waals surface area contributed by atoms with Gasteiger partial charge in [-0.3, -0.25) is 9.59 Å². The molecule has 190 valence electrons. The molecule has 0 aromatic heterocycles. The molecule has 0 heterocycles. The Hall–Kier alpha value is -3.58. The van der Waals surface area contributed by atoms with Gasteiger partial charge >= 0.3 is 6.18 Å². The van der Waals surface area contributed by atoms with Crippen LogP contribution in [-0.2, 0) is 11.0 Å². The highest BCUT2D eigenvalue weighted by molar-refractivity contribution is 5.99. The van der Waals surface area contributed by atoms with E-state index in [1.165, 1.54) is 13.2 Å². The number of nitrogens with one attached hydrogen (secondary N) is 2. The first-order valence-electron chi connectivity index (χ1n) is 11.4. The number of carbonyl (C=O) groups is 2. The molecule has 2 aliphatic rings. The molecule has 3 N–H and O–H groups in total. The largest absolute Gasteiger partial charge is 0.496 e. The summed E-state index contributed by atoms with van der Waals surface area (Å²) in [5.41, 5.74) is -0.935. The lowest BCUT2D eigenvalue weighted by atomic mass is 9.61. The quantitative estimate of drug-likeness (QED) is 0.425. The maximum absolute atomic E-state index is 13.6. The highest BCUT2D eigenvalue weighted by atomic mass is 19.4. The van der Waals surface area contributed by atoms with Gasteiger partial charge in [-0.25, -0.2) is 4.39 Å². The van der Waals surface area contributed by atoms with Gasteiger partial charge in [0.25, 0.3) is 5.91 Å². The molecule has 2 aromatic rings. The molecule has 2 fully saturated rings. The summed E-state index contributed by atoms with van der Waals surface area (Å²) in [7, 11) is 1.41. The van der Waals surface area contributed by atoms with E-state index < -0.39 is 41.3 Å². The zero-order valence-electron chi connectivity index (χ0n) is 19.3. The summed E-state index contributed by atoms with van der Waals surface area (Å²) in [6, 6.07) is 6.52. The van der Waals surface area contributed by atoms with Crippen molar-refractivity contribution in [2.75, 3.05) is 19.0 Å². The minimum atomic E-state index is -4.90. The summed E-state index contributed by atoms with van der Waals surface area (Å²) >= 11 is 0. The van der Waals surface area contributed by atoms with Crippen molar-refractivity contribution in [1.29, 1.82) is 0 Å². The topological polar surface area (TPSA) is 87.7 Å². The number of carbonyl (C=O) groups excluding carboxylic acids is 2. The molecule has 10 heteroatoms. The van der Waals surface area contributed by atoms with Crippen LogP contribution in [0.15, 0.2) is 36.4 Å². The summed E-state index contributed by atoms with van der Waals surface area (Å²) in [5.74, 6) is 2.50. The second-order valence-electron chi connectivity index (χ2n) is 8.84. The first-order chi connectivity index (χ1) is 17.1. The molecule has 0 radical (unpaired) electrons. The maximum atomic E-state index is 13.6. The fourth-order valence-corrected chi connectivity index (χ4v) is 5.23. The molecular weight excluding hydrogens is 480 g/mol. The van der Waals surface area contributed by atoms with Crippen LogP contribution in [0.4, 0.5) is 23.2 Å². The van der Waals surface area contributed by atoms with Crippen LogP contribution in [0.25, 0.3) is 0 Å². The molecule has 36 heavy (non-hydrogen) atoms. The Kier molecular flexibility index (Phi) is 7.22. The van der Waals surface area contributed by atoms with Crippen LogP contribution in [0.3, 0.4) is 0 Å². The number of hydrogen-bond acceptors (Lipinski definition) is 4. The number of halogens is 4. The molecule has 0 aliphatic heterocycles. The summed E-state index contributed by atoms with van der Waals surface area (Å²) in [4.78, 5) is 26.3. The fourth-order valence-electron chi connectivity index (χ4n) is 5.23. The van der Waals surface area contributed by atoms with E-state index in [2.05, 4.69) is 22.5 Å². The van der Waals surface area contributed by atoms with E-state index in [0.29, 0.717) is 23.4 Å². The van der Waals surface area contributed by atoms with E-state index in [1.54, 1.807) is 12.1 Å². The molecule has 2 saturated carbocycles. The number of rotatable bonds is 5. The zero-order chi connectivity index (χ0) is 26.0. The van der Waals surface area contributed by atoms with Gasteiger partial charge in [0.05, 0.1) is 24.2 Å². The lowest BCUT2D eigenvalue weighted by molar-refractivity contribution is -0.140. The standard InChI is InChI=1S/C26H24F4N2O4/c1-36-21-10-7-14(4-3-11-33)12-18(21)24(34)32-23-17-6-2-5-16(17)22(23)25(35)31-15-8-9-20(27)19(13-15)26(28,29)30/h7-10,12-13,16-17,22-23,33H,2,5-6,11H2,1H3,(H,31,35)(H,32,34)/t16-,17+,22+,23-/m0/s1. The van der Waals surface area contributed by atoms with Gasteiger partial charge in [0, 0.05) is 17.3 Å². The number of aliphatic hydroxyl groups excluding tert-OH is 1. The highest BCUT2D eigenvalue weighted by Gasteiger charge is 2.56. The number of alkyl halides is 3. The Bertz CT molecular complexity index is 1230. The van der Waals surface area contributed by atoms with E-state index in [9.17, 15) is 27.2 Å². The van der Waals surface area contributed by atoms with E-state index in [-0.39, 0.29) is 29.7 Å². The van der Waals surface area contributed by atoms with Crippen molar-refractivity contribution in [2.24, 2.45) is 17.8 Å². The molecule has 0 spiro atoms. The summed E-state index contributed by atoms with van der Waals surface area (Å²) in [5, 5.41) is 14.3. The Balaban J connectivity index is 1.54. The number of benzene rings is 2. The predicted octanol–water partition coefficient (Wildman–Crippen LogP) is 3.98. The Morgan fingerprint density at radius 1 is 1.14 bits per heavy atom. The van der Waals surface area contributed by atoms with Gasteiger partial charge in [-0.2, -0.15) is 13.2 Å². The SMILES string of the molecule is COc1ccc(C#CCO)cc1C(=O)N[C@H]1[C@@H]2CCC[C@@H]2[C@H]1C(=O)Nc1ccc(F)c(C(F)(F)F)c1. The van der Waals surface area contributed by atoms with Crippen molar-refractivity contribution in [2.45, 2.75) is 31.5 Å². The second-order valence-corrected chi connectivity index (χ2v) is 8.84. The van der Waals surface area contributed by atoms with Gasteiger partial charge < -0.3 is 20.5 Å². The molecule has 2 aliphatic carbocycles. The van der Waals surface area contributed by atoms with Gasteiger partial charge in [-0.1, -0.05) is 18.3 Å². The lowest BCUT2D eigenvalue weighted by Crippen LogP contribution is -2.61. The number of aliphatic hydroxyl groups is 1. The van der Waals surface area contributed by atoms with Gasteiger partial charge in [-0.05, 0) is 61.1 Å². The van der Waals surface area contributed by atoms with E-state index in [1.807, 2.05) is 0 Å². The molecule has 2 aromatic carbocycles. The van der Waals surface area contributed by atoms with Gasteiger partial charge in [-0.15, -0.1) is 0 Å². The minimum Gasteiger partial charge on any atom is -0.496 e. The smallest absolute Gasteiger partial charge is 0.419 e. The number of hydrogen-bond donors (Lipinski definition) is 3. The molecule has 6 nitrogen and oxygen atoms in total. The van der Waals surface area contributed by atoms with Crippen molar-refractivity contribution < 1.29 is 37.0 Å². The molecule has 0 unspecified atom stereocenters. The maximum Gasteiger partial charge on any atom is 0.419 e. The first kappa shape index (κ1) is 25.5.